The summed E-state index contributed by atoms with van der Waals surface area (Å²) in [4.78, 5) is 35.7. The summed E-state index contributed by atoms with van der Waals surface area (Å²) in [6.45, 7) is 5.83. The molecule has 21 heavy (non-hydrogen) atoms. The van der Waals surface area contributed by atoms with Crippen LogP contribution in [0.3, 0.4) is 0 Å². The molecular formula is C15H16N2O4. The van der Waals surface area contributed by atoms with E-state index in [0.717, 1.165) is 16.0 Å². The van der Waals surface area contributed by atoms with Gasteiger partial charge in [0.15, 0.2) is 0 Å². The number of rotatable bonds is 5. The standard InChI is InChI=1S/C15H16N2O4/c1-10(2)9-21-14(19)12-5-3-11(4-6-12)8-17-13(18)7-16-15(17)20/h3-6H,1,7-9H2,2H3,(H,16,20). The Morgan fingerprint density at radius 1 is 1.33 bits per heavy atom. The molecule has 0 saturated carbocycles. The smallest absolute Gasteiger partial charge is 0.338 e. The molecule has 0 aromatic heterocycles. The van der Waals surface area contributed by atoms with E-state index in [1.165, 1.54) is 0 Å². The van der Waals surface area contributed by atoms with Crippen molar-refractivity contribution in [2.75, 3.05) is 13.2 Å². The van der Waals surface area contributed by atoms with Gasteiger partial charge in [0.05, 0.1) is 18.7 Å². The maximum atomic E-state index is 11.7. The van der Waals surface area contributed by atoms with Crippen molar-refractivity contribution >= 4 is 17.9 Å². The highest BCUT2D eigenvalue weighted by Gasteiger charge is 2.28. The largest absolute Gasteiger partial charge is 0.458 e. The Morgan fingerprint density at radius 2 is 2.00 bits per heavy atom. The van der Waals surface area contributed by atoms with Gasteiger partial charge in [-0.05, 0) is 30.2 Å². The molecule has 0 spiro atoms. The minimum Gasteiger partial charge on any atom is -0.458 e. The maximum Gasteiger partial charge on any atom is 0.338 e. The van der Waals surface area contributed by atoms with E-state index >= 15 is 0 Å². The first-order valence-corrected chi connectivity index (χ1v) is 6.46. The second-order valence-corrected chi connectivity index (χ2v) is 4.87. The minimum absolute atomic E-state index is 0.0319. The van der Waals surface area contributed by atoms with E-state index in [9.17, 15) is 14.4 Å². The van der Waals surface area contributed by atoms with Crippen LogP contribution in [0.4, 0.5) is 4.79 Å². The Hall–Kier alpha value is -2.63. The Bertz CT molecular complexity index is 576. The molecule has 1 aromatic rings. The normalized spacial score (nSPS) is 14.0. The molecule has 110 valence electrons. The highest BCUT2D eigenvalue weighted by molar-refractivity contribution is 6.01. The summed E-state index contributed by atoms with van der Waals surface area (Å²) in [5.74, 6) is -0.690. The predicted molar refractivity (Wildman–Crippen MR) is 75.5 cm³/mol. The summed E-state index contributed by atoms with van der Waals surface area (Å²) in [5, 5.41) is 2.45. The van der Waals surface area contributed by atoms with E-state index in [2.05, 4.69) is 11.9 Å². The van der Waals surface area contributed by atoms with Crippen molar-refractivity contribution in [1.82, 2.24) is 10.2 Å². The average Bonchev–Trinajstić information content (AvgIpc) is 2.77. The van der Waals surface area contributed by atoms with Crippen molar-refractivity contribution in [3.8, 4) is 0 Å². The number of benzene rings is 1. The maximum absolute atomic E-state index is 11.7. The van der Waals surface area contributed by atoms with E-state index in [4.69, 9.17) is 4.74 Å². The van der Waals surface area contributed by atoms with Crippen LogP contribution in [0.15, 0.2) is 36.4 Å². The Morgan fingerprint density at radius 3 is 2.52 bits per heavy atom. The molecule has 0 bridgehead atoms. The van der Waals surface area contributed by atoms with Crippen molar-refractivity contribution in [2.45, 2.75) is 13.5 Å². The van der Waals surface area contributed by atoms with Gasteiger partial charge in [0.1, 0.15) is 6.61 Å². The highest BCUT2D eigenvalue weighted by atomic mass is 16.5. The lowest BCUT2D eigenvalue weighted by molar-refractivity contribution is -0.125. The zero-order valence-electron chi connectivity index (χ0n) is 11.7. The third-order valence-corrected chi connectivity index (χ3v) is 2.92. The fraction of sp³-hybridized carbons (Fsp3) is 0.267. The zero-order chi connectivity index (χ0) is 15.4. The topological polar surface area (TPSA) is 75.7 Å². The number of imide groups is 1. The molecule has 0 atom stereocenters. The summed E-state index contributed by atoms with van der Waals surface area (Å²) < 4.78 is 5.03. The first kappa shape index (κ1) is 14.8. The van der Waals surface area contributed by atoms with Gasteiger partial charge in [-0.1, -0.05) is 18.7 Å². The molecule has 1 heterocycles. The van der Waals surface area contributed by atoms with Crippen LogP contribution < -0.4 is 5.32 Å². The number of nitrogens with zero attached hydrogens (tertiary/aromatic N) is 1. The number of ether oxygens (including phenoxy) is 1. The van der Waals surface area contributed by atoms with Gasteiger partial charge in [-0.2, -0.15) is 0 Å². The van der Waals surface area contributed by atoms with Crippen molar-refractivity contribution < 1.29 is 19.1 Å². The summed E-state index contributed by atoms with van der Waals surface area (Å²) in [5.41, 5.74) is 1.94. The molecule has 0 radical (unpaired) electrons. The quantitative estimate of drug-likeness (QED) is 0.506. The molecule has 0 unspecified atom stereocenters. The second kappa shape index (κ2) is 6.21. The lowest BCUT2D eigenvalue weighted by Crippen LogP contribution is -2.30. The number of esters is 1. The summed E-state index contributed by atoms with van der Waals surface area (Å²) in [6.07, 6.45) is 0. The molecule has 1 N–H and O–H groups in total. The van der Waals surface area contributed by atoms with Gasteiger partial charge in [-0.25, -0.2) is 9.59 Å². The van der Waals surface area contributed by atoms with Gasteiger partial charge in [0.25, 0.3) is 0 Å². The van der Waals surface area contributed by atoms with Crippen molar-refractivity contribution in [3.63, 3.8) is 0 Å². The van der Waals surface area contributed by atoms with Crippen LogP contribution >= 0.6 is 0 Å². The van der Waals surface area contributed by atoms with Crippen molar-refractivity contribution in [1.29, 1.82) is 0 Å². The summed E-state index contributed by atoms with van der Waals surface area (Å²) >= 11 is 0. The molecule has 3 amide bonds. The van der Waals surface area contributed by atoms with Crippen LogP contribution in [0.2, 0.25) is 0 Å². The van der Waals surface area contributed by atoms with Gasteiger partial charge < -0.3 is 10.1 Å². The zero-order valence-corrected chi connectivity index (χ0v) is 11.7. The van der Waals surface area contributed by atoms with E-state index in [1.807, 2.05) is 0 Å². The van der Waals surface area contributed by atoms with E-state index in [1.54, 1.807) is 31.2 Å². The van der Waals surface area contributed by atoms with Crippen LogP contribution in [0.1, 0.15) is 22.8 Å². The molecule has 2 rings (SSSR count). The monoisotopic (exact) mass is 288 g/mol. The summed E-state index contributed by atoms with van der Waals surface area (Å²) in [7, 11) is 0. The van der Waals surface area contributed by atoms with Gasteiger partial charge in [-0.3, -0.25) is 9.69 Å². The Labute approximate surface area is 122 Å². The van der Waals surface area contributed by atoms with Gasteiger partial charge in [-0.15, -0.1) is 0 Å². The predicted octanol–water partition coefficient (Wildman–Crippen LogP) is 1.47. The van der Waals surface area contributed by atoms with Gasteiger partial charge in [0, 0.05) is 0 Å². The number of carbonyl (C=O) groups excluding carboxylic acids is 3. The number of hydrogen-bond donors (Lipinski definition) is 1. The number of carbonyl (C=O) groups is 3. The lowest BCUT2D eigenvalue weighted by Gasteiger charge is -2.12. The van der Waals surface area contributed by atoms with Crippen molar-refractivity contribution in [2.24, 2.45) is 0 Å². The van der Waals surface area contributed by atoms with E-state index < -0.39 is 12.0 Å². The molecule has 1 aromatic carbocycles. The third kappa shape index (κ3) is 3.68. The van der Waals surface area contributed by atoms with E-state index in [-0.39, 0.29) is 25.6 Å². The molecule has 1 aliphatic heterocycles. The fourth-order valence-electron chi connectivity index (χ4n) is 1.82. The molecular weight excluding hydrogens is 272 g/mol. The van der Waals surface area contributed by atoms with E-state index in [0.29, 0.717) is 5.56 Å². The highest BCUT2D eigenvalue weighted by Crippen LogP contribution is 2.11. The fourth-order valence-corrected chi connectivity index (χ4v) is 1.82. The third-order valence-electron chi connectivity index (χ3n) is 2.92. The average molecular weight is 288 g/mol. The van der Waals surface area contributed by atoms with Crippen LogP contribution in [-0.2, 0) is 16.1 Å². The molecule has 1 aliphatic rings. The number of urea groups is 1. The molecule has 0 aliphatic carbocycles. The number of hydrogen-bond acceptors (Lipinski definition) is 4. The molecule has 6 heteroatoms. The first-order valence-electron chi connectivity index (χ1n) is 6.46. The molecule has 1 fully saturated rings. The minimum atomic E-state index is -0.431. The number of nitrogens with one attached hydrogen (secondary N) is 1. The van der Waals surface area contributed by atoms with Crippen LogP contribution in [-0.4, -0.2) is 36.0 Å². The first-order chi connectivity index (χ1) is 9.97. The Kier molecular flexibility index (Phi) is 4.37. The number of amides is 3. The van der Waals surface area contributed by atoms with Crippen LogP contribution in [0.5, 0.6) is 0 Å². The SMILES string of the molecule is C=C(C)COC(=O)c1ccc(CN2C(=O)CNC2=O)cc1. The second-order valence-electron chi connectivity index (χ2n) is 4.87. The Balaban J connectivity index is 1.98. The molecule has 6 nitrogen and oxygen atoms in total. The van der Waals surface area contributed by atoms with Gasteiger partial charge >= 0.3 is 12.0 Å². The van der Waals surface area contributed by atoms with Crippen molar-refractivity contribution in [3.05, 3.63) is 47.5 Å². The lowest BCUT2D eigenvalue weighted by atomic mass is 10.1. The van der Waals surface area contributed by atoms with Gasteiger partial charge in [0.2, 0.25) is 5.91 Å². The van der Waals surface area contributed by atoms with Crippen LogP contribution in [0.25, 0.3) is 0 Å². The summed E-state index contributed by atoms with van der Waals surface area (Å²) in [6, 6.07) is 6.19. The van der Waals surface area contributed by atoms with Crippen LogP contribution in [0, 0.1) is 0 Å². The molecule has 1 saturated heterocycles.